The van der Waals surface area contributed by atoms with Crippen LogP contribution in [0.2, 0.25) is 0 Å². The monoisotopic (exact) mass is 788 g/mol. The second kappa shape index (κ2) is 12.1. The summed E-state index contributed by atoms with van der Waals surface area (Å²) in [6.45, 7) is 5.49. The third-order valence-electron chi connectivity index (χ3n) is 14.9. The van der Waals surface area contributed by atoms with Gasteiger partial charge in [0.2, 0.25) is 0 Å². The molecule has 9 aromatic carbocycles. The summed E-state index contributed by atoms with van der Waals surface area (Å²) >= 11 is 0. The predicted molar refractivity (Wildman–Crippen MR) is 258 cm³/mol. The van der Waals surface area contributed by atoms with Gasteiger partial charge in [-0.05, 0) is 153 Å². The molecule has 1 atom stereocenters. The Kier molecular flexibility index (Phi) is 6.65. The molecule has 4 aliphatic carbocycles. The van der Waals surface area contributed by atoms with Gasteiger partial charge in [-0.15, -0.1) is 0 Å². The first-order valence-corrected chi connectivity index (χ1v) is 21.9. The lowest BCUT2D eigenvalue weighted by Crippen LogP contribution is -2.26. The molecular weight excluding hydrogens is 749 g/mol. The molecule has 0 saturated heterocycles. The number of benzene rings is 9. The van der Waals surface area contributed by atoms with E-state index in [0.717, 1.165) is 23.6 Å². The summed E-state index contributed by atoms with van der Waals surface area (Å²) in [4.78, 5) is 6.98. The topological polar surface area (TPSA) is 15.6 Å². The van der Waals surface area contributed by atoms with Gasteiger partial charge in [0, 0.05) is 28.7 Å². The van der Waals surface area contributed by atoms with Crippen LogP contribution >= 0.6 is 0 Å². The fourth-order valence-electron chi connectivity index (χ4n) is 12.2. The van der Waals surface area contributed by atoms with Crippen LogP contribution in [0.3, 0.4) is 0 Å². The van der Waals surface area contributed by atoms with Crippen molar-refractivity contribution < 1.29 is 0 Å². The molecule has 0 aromatic heterocycles. The average Bonchev–Trinajstić information content (AvgIpc) is 4.14. The van der Waals surface area contributed by atoms with Gasteiger partial charge in [-0.3, -0.25) is 4.99 Å². The van der Waals surface area contributed by atoms with Crippen LogP contribution in [0, 0.1) is 0 Å². The minimum Gasteiger partial charge on any atom is -0.310 e. The smallest absolute Gasteiger partial charge is 0.0726 e. The summed E-state index contributed by atoms with van der Waals surface area (Å²) < 4.78 is 0. The van der Waals surface area contributed by atoms with E-state index in [1.807, 2.05) is 6.21 Å². The summed E-state index contributed by atoms with van der Waals surface area (Å²) in [5.41, 5.74) is 26.6. The van der Waals surface area contributed by atoms with Crippen LogP contribution in [0.25, 0.3) is 72.0 Å². The van der Waals surface area contributed by atoms with Crippen molar-refractivity contribution in [1.29, 1.82) is 0 Å². The van der Waals surface area contributed by atoms with Crippen LogP contribution in [0.15, 0.2) is 193 Å². The third-order valence-corrected chi connectivity index (χ3v) is 14.9. The SMILES string of the molecule is CC1(C)c2ccccc2-c2ccc(N(c3ccc(C4=CCN=C4)cc3)c3ccc4c(c3)C3(c5ccccc5-4)c4ccccc4-c4c3cc3c5c(cccc45)-c4ccccc4-3)cc21. The van der Waals surface area contributed by atoms with Crippen LogP contribution in [-0.2, 0) is 10.8 Å². The molecule has 0 radical (unpaired) electrons. The maximum atomic E-state index is 4.49. The van der Waals surface area contributed by atoms with E-state index < -0.39 is 5.41 Å². The number of hydrogen-bond acceptors (Lipinski definition) is 2. The fourth-order valence-corrected chi connectivity index (χ4v) is 12.2. The van der Waals surface area contributed by atoms with Crippen molar-refractivity contribution in [3.63, 3.8) is 0 Å². The van der Waals surface area contributed by atoms with E-state index >= 15 is 0 Å². The molecular formula is C60H40N2. The average molecular weight is 789 g/mol. The summed E-state index contributed by atoms with van der Waals surface area (Å²) in [5.74, 6) is 0. The number of aliphatic imine (C=N–C) groups is 1. The maximum absolute atomic E-state index is 4.49. The molecule has 14 rings (SSSR count). The molecule has 1 heterocycles. The van der Waals surface area contributed by atoms with Crippen molar-refractivity contribution in [2.45, 2.75) is 24.7 Å². The number of fused-ring (bicyclic) bond motifs is 17. The Hall–Kier alpha value is -7.55. The summed E-state index contributed by atoms with van der Waals surface area (Å²) in [6, 6.07) is 69.4. The highest BCUT2D eigenvalue weighted by atomic mass is 15.1. The molecule has 1 unspecified atom stereocenters. The first-order chi connectivity index (χ1) is 30.5. The molecule has 5 aliphatic rings. The zero-order chi connectivity index (χ0) is 40.9. The Labute approximate surface area is 361 Å². The maximum Gasteiger partial charge on any atom is 0.0726 e. The van der Waals surface area contributed by atoms with Crippen LogP contribution in [0.1, 0.15) is 52.8 Å². The molecule has 2 heteroatoms. The van der Waals surface area contributed by atoms with Gasteiger partial charge in [-0.1, -0.05) is 159 Å². The number of rotatable bonds is 4. The molecule has 0 N–H and O–H groups in total. The van der Waals surface area contributed by atoms with Gasteiger partial charge in [0.1, 0.15) is 0 Å². The summed E-state index contributed by atoms with van der Waals surface area (Å²) in [7, 11) is 0. The molecule has 9 aromatic rings. The van der Waals surface area contributed by atoms with Crippen LogP contribution in [0.4, 0.5) is 17.1 Å². The third kappa shape index (κ3) is 4.22. The van der Waals surface area contributed by atoms with E-state index in [-0.39, 0.29) is 5.41 Å². The lowest BCUT2D eigenvalue weighted by atomic mass is 9.70. The van der Waals surface area contributed by atoms with Gasteiger partial charge in [0.15, 0.2) is 0 Å². The van der Waals surface area contributed by atoms with Gasteiger partial charge in [-0.2, -0.15) is 0 Å². The molecule has 1 spiro atoms. The quantitative estimate of drug-likeness (QED) is 0.173. The number of anilines is 3. The number of hydrogen-bond donors (Lipinski definition) is 0. The largest absolute Gasteiger partial charge is 0.310 e. The lowest BCUT2D eigenvalue weighted by molar-refractivity contribution is 0.660. The van der Waals surface area contributed by atoms with Crippen molar-refractivity contribution in [2.75, 3.05) is 11.4 Å². The van der Waals surface area contributed by atoms with Crippen LogP contribution in [-0.4, -0.2) is 12.8 Å². The van der Waals surface area contributed by atoms with Gasteiger partial charge in [0.05, 0.1) is 12.0 Å². The van der Waals surface area contributed by atoms with Crippen molar-refractivity contribution in [3.05, 3.63) is 227 Å². The standard InChI is InChI=1S/C60H40N2/c1-59(2)51-19-8-5-14-43(51)45-28-26-39(32-54(45)59)62(38-24-22-36(23-25-38)37-30-31-61-35-37)40-27-29-46-44-15-6-9-20-52(44)60(55(46)33-40)53-21-10-7-16-48(53)58-49-18-11-17-47-41-12-3-4-13-42(41)50(57(47)49)34-56(58)60/h3-30,32-35H,31H2,1-2H3. The minimum atomic E-state index is -0.516. The Morgan fingerprint density at radius 2 is 0.968 bits per heavy atom. The Morgan fingerprint density at radius 3 is 1.68 bits per heavy atom. The highest BCUT2D eigenvalue weighted by Gasteiger charge is 2.53. The van der Waals surface area contributed by atoms with Crippen molar-refractivity contribution in [3.8, 4) is 55.6 Å². The van der Waals surface area contributed by atoms with Gasteiger partial charge >= 0.3 is 0 Å². The van der Waals surface area contributed by atoms with Crippen LogP contribution in [0.5, 0.6) is 0 Å². The van der Waals surface area contributed by atoms with E-state index in [9.17, 15) is 0 Å². The van der Waals surface area contributed by atoms with E-state index in [1.54, 1.807) is 0 Å². The summed E-state index contributed by atoms with van der Waals surface area (Å²) in [6.07, 6.45) is 4.20. The molecule has 0 bridgehead atoms. The fraction of sp³-hybridized carbons (Fsp3) is 0.0833. The molecule has 290 valence electrons. The Morgan fingerprint density at radius 1 is 0.419 bits per heavy atom. The number of nitrogens with zero attached hydrogens (tertiary/aromatic N) is 2. The second-order valence-electron chi connectivity index (χ2n) is 18.1. The second-order valence-corrected chi connectivity index (χ2v) is 18.1. The van der Waals surface area contributed by atoms with Crippen LogP contribution < -0.4 is 4.90 Å². The molecule has 2 nitrogen and oxygen atoms in total. The predicted octanol–water partition coefficient (Wildman–Crippen LogP) is 15.1. The van der Waals surface area contributed by atoms with Gasteiger partial charge < -0.3 is 4.90 Å². The number of allylic oxidation sites excluding steroid dienone is 1. The first-order valence-electron chi connectivity index (χ1n) is 21.9. The molecule has 0 saturated carbocycles. The van der Waals surface area contributed by atoms with Gasteiger partial charge in [-0.25, -0.2) is 0 Å². The normalized spacial score (nSPS) is 17.0. The lowest BCUT2D eigenvalue weighted by Gasteiger charge is -2.33. The zero-order valence-corrected chi connectivity index (χ0v) is 34.6. The molecule has 0 fully saturated rings. The summed E-state index contributed by atoms with van der Waals surface area (Å²) in [5, 5.41) is 2.71. The van der Waals surface area contributed by atoms with Gasteiger partial charge in [0.25, 0.3) is 0 Å². The minimum absolute atomic E-state index is 0.130. The highest BCUT2D eigenvalue weighted by Crippen LogP contribution is 2.66. The van der Waals surface area contributed by atoms with E-state index in [0.29, 0.717) is 0 Å². The van der Waals surface area contributed by atoms with Crippen molar-refractivity contribution in [1.82, 2.24) is 0 Å². The Bertz CT molecular complexity index is 3530. The van der Waals surface area contributed by atoms with E-state index in [1.165, 1.54) is 111 Å². The zero-order valence-electron chi connectivity index (χ0n) is 34.6. The van der Waals surface area contributed by atoms with E-state index in [4.69, 9.17) is 0 Å². The highest BCUT2D eigenvalue weighted by molar-refractivity contribution is 6.21. The van der Waals surface area contributed by atoms with E-state index in [2.05, 4.69) is 212 Å². The molecule has 62 heavy (non-hydrogen) atoms. The first kappa shape index (κ1) is 34.2. The molecule has 0 amide bonds. The van der Waals surface area contributed by atoms with Crippen molar-refractivity contribution in [2.24, 2.45) is 4.99 Å². The van der Waals surface area contributed by atoms with Crippen molar-refractivity contribution >= 4 is 39.6 Å². The molecule has 1 aliphatic heterocycles. The Balaban J connectivity index is 1.04.